The van der Waals surface area contributed by atoms with Crippen molar-refractivity contribution in [2.24, 2.45) is 5.14 Å². The van der Waals surface area contributed by atoms with Gasteiger partial charge in [0.2, 0.25) is 10.0 Å². The van der Waals surface area contributed by atoms with Gasteiger partial charge in [-0.3, -0.25) is 9.78 Å². The highest BCUT2D eigenvalue weighted by molar-refractivity contribution is 7.89. The van der Waals surface area contributed by atoms with Crippen molar-refractivity contribution in [3.63, 3.8) is 0 Å². The number of benzene rings is 1. The average Bonchev–Trinajstić information content (AvgIpc) is 2.39. The molecule has 0 saturated heterocycles. The summed E-state index contributed by atoms with van der Waals surface area (Å²) in [6.07, 6.45) is 2.85. The number of anilines is 1. The van der Waals surface area contributed by atoms with E-state index < -0.39 is 15.9 Å². The Morgan fingerprint density at radius 3 is 2.30 bits per heavy atom. The summed E-state index contributed by atoms with van der Waals surface area (Å²) >= 11 is 0. The van der Waals surface area contributed by atoms with Gasteiger partial charge in [-0.2, -0.15) is 0 Å². The van der Waals surface area contributed by atoms with Gasteiger partial charge in [0.05, 0.1) is 16.8 Å². The van der Waals surface area contributed by atoms with E-state index in [0.717, 1.165) is 0 Å². The molecule has 0 aliphatic carbocycles. The molecule has 0 aliphatic rings. The zero-order chi connectivity index (χ0) is 14.8. The van der Waals surface area contributed by atoms with Crippen LogP contribution < -0.4 is 10.5 Å². The van der Waals surface area contributed by atoms with Gasteiger partial charge in [-0.05, 0) is 31.2 Å². The van der Waals surface area contributed by atoms with Crippen molar-refractivity contribution in [3.05, 3.63) is 48.0 Å². The SMILES string of the molecule is Cc1cnc(C(=O)Nc2ccc(S(N)(=O)=O)cc2)cn1. The zero-order valence-corrected chi connectivity index (χ0v) is 11.4. The highest BCUT2D eigenvalue weighted by Gasteiger charge is 2.10. The number of hydrogen-bond acceptors (Lipinski definition) is 5. The maximum atomic E-state index is 11.9. The first-order valence-corrected chi connectivity index (χ1v) is 7.14. The fraction of sp³-hybridized carbons (Fsp3) is 0.0833. The maximum Gasteiger partial charge on any atom is 0.275 e. The molecule has 20 heavy (non-hydrogen) atoms. The number of aromatic nitrogens is 2. The summed E-state index contributed by atoms with van der Waals surface area (Å²) in [6, 6.07) is 5.51. The summed E-state index contributed by atoms with van der Waals surface area (Å²) in [6.45, 7) is 1.76. The summed E-state index contributed by atoms with van der Waals surface area (Å²) in [4.78, 5) is 19.7. The van der Waals surface area contributed by atoms with Crippen LogP contribution >= 0.6 is 0 Å². The molecule has 7 nitrogen and oxygen atoms in total. The number of sulfonamides is 1. The normalized spacial score (nSPS) is 11.1. The first-order chi connectivity index (χ1) is 9.36. The molecule has 1 aromatic carbocycles. The summed E-state index contributed by atoms with van der Waals surface area (Å²) < 4.78 is 22.2. The molecule has 2 aromatic rings. The molecular weight excluding hydrogens is 280 g/mol. The van der Waals surface area contributed by atoms with Crippen LogP contribution in [0.5, 0.6) is 0 Å². The third-order valence-corrected chi connectivity index (χ3v) is 3.38. The van der Waals surface area contributed by atoms with E-state index >= 15 is 0 Å². The van der Waals surface area contributed by atoms with Gasteiger partial charge in [-0.25, -0.2) is 18.5 Å². The standard InChI is InChI=1S/C12H12N4O3S/c1-8-6-15-11(7-14-8)12(17)16-9-2-4-10(5-3-9)20(13,18)19/h2-7H,1H3,(H,16,17)(H2,13,18,19). The number of carbonyl (C=O) groups excluding carboxylic acids is 1. The fourth-order valence-electron chi connectivity index (χ4n) is 1.43. The molecule has 3 N–H and O–H groups in total. The first kappa shape index (κ1) is 14.1. The average molecular weight is 292 g/mol. The lowest BCUT2D eigenvalue weighted by atomic mass is 10.3. The minimum atomic E-state index is -3.74. The smallest absolute Gasteiger partial charge is 0.275 e. The second-order valence-electron chi connectivity index (χ2n) is 4.07. The van der Waals surface area contributed by atoms with Gasteiger partial charge in [0.25, 0.3) is 5.91 Å². The van der Waals surface area contributed by atoms with Crippen molar-refractivity contribution in [2.75, 3.05) is 5.32 Å². The lowest BCUT2D eigenvalue weighted by Crippen LogP contribution is -2.15. The van der Waals surface area contributed by atoms with Crippen LogP contribution in [0.25, 0.3) is 0 Å². The van der Waals surface area contributed by atoms with Crippen LogP contribution in [0.2, 0.25) is 0 Å². The highest BCUT2D eigenvalue weighted by Crippen LogP contribution is 2.13. The van der Waals surface area contributed by atoms with Crippen LogP contribution in [0.1, 0.15) is 16.2 Å². The van der Waals surface area contributed by atoms with E-state index in [1.807, 2.05) is 0 Å². The molecule has 0 fully saturated rings. The van der Waals surface area contributed by atoms with E-state index in [2.05, 4.69) is 15.3 Å². The molecule has 0 aliphatic heterocycles. The highest BCUT2D eigenvalue weighted by atomic mass is 32.2. The number of nitrogens with one attached hydrogen (secondary N) is 1. The van der Waals surface area contributed by atoms with E-state index in [1.54, 1.807) is 6.92 Å². The molecule has 2 rings (SSSR count). The molecule has 1 heterocycles. The molecule has 8 heteroatoms. The van der Waals surface area contributed by atoms with Gasteiger partial charge in [0.15, 0.2) is 0 Å². The number of hydrogen-bond donors (Lipinski definition) is 2. The van der Waals surface area contributed by atoms with Crippen molar-refractivity contribution in [3.8, 4) is 0 Å². The second kappa shape index (κ2) is 5.35. The van der Waals surface area contributed by atoms with Crippen LogP contribution in [0.15, 0.2) is 41.6 Å². The van der Waals surface area contributed by atoms with Crippen molar-refractivity contribution in [2.45, 2.75) is 11.8 Å². The minimum absolute atomic E-state index is 0.0226. The molecule has 0 saturated carbocycles. The first-order valence-electron chi connectivity index (χ1n) is 5.59. The topological polar surface area (TPSA) is 115 Å². The largest absolute Gasteiger partial charge is 0.321 e. The van der Waals surface area contributed by atoms with E-state index in [4.69, 9.17) is 5.14 Å². The van der Waals surface area contributed by atoms with Crippen molar-refractivity contribution in [1.82, 2.24) is 9.97 Å². The van der Waals surface area contributed by atoms with Crippen molar-refractivity contribution in [1.29, 1.82) is 0 Å². The lowest BCUT2D eigenvalue weighted by Gasteiger charge is -2.05. The van der Waals surface area contributed by atoms with E-state index in [0.29, 0.717) is 11.4 Å². The predicted molar refractivity (Wildman–Crippen MR) is 72.5 cm³/mol. The quantitative estimate of drug-likeness (QED) is 0.863. The second-order valence-corrected chi connectivity index (χ2v) is 5.63. The van der Waals surface area contributed by atoms with E-state index in [1.165, 1.54) is 36.7 Å². The number of nitrogens with two attached hydrogens (primary N) is 1. The third-order valence-electron chi connectivity index (χ3n) is 2.45. The molecule has 0 radical (unpaired) electrons. The molecule has 1 aromatic heterocycles. The summed E-state index contributed by atoms with van der Waals surface area (Å²) in [5.41, 5.74) is 1.31. The molecule has 104 valence electrons. The number of carbonyl (C=O) groups is 1. The van der Waals surface area contributed by atoms with Gasteiger partial charge in [0.1, 0.15) is 5.69 Å². The number of amides is 1. The Hall–Kier alpha value is -2.32. The molecule has 0 spiro atoms. The Kier molecular flexibility index (Phi) is 3.77. The van der Waals surface area contributed by atoms with Crippen molar-refractivity contribution >= 4 is 21.6 Å². The Morgan fingerprint density at radius 1 is 1.15 bits per heavy atom. The van der Waals surface area contributed by atoms with Gasteiger partial charge in [-0.15, -0.1) is 0 Å². The number of rotatable bonds is 3. The van der Waals surface area contributed by atoms with Crippen LogP contribution in [0.3, 0.4) is 0 Å². The molecule has 1 amide bonds. The number of nitrogens with zero attached hydrogens (tertiary/aromatic N) is 2. The number of aryl methyl sites for hydroxylation is 1. The van der Waals surface area contributed by atoms with Crippen LogP contribution in [-0.2, 0) is 10.0 Å². The molecule has 0 bridgehead atoms. The molecule has 0 atom stereocenters. The Morgan fingerprint density at radius 2 is 1.80 bits per heavy atom. The van der Waals surface area contributed by atoms with Crippen LogP contribution in [0, 0.1) is 6.92 Å². The van der Waals surface area contributed by atoms with Gasteiger partial charge < -0.3 is 5.32 Å². The molecular formula is C12H12N4O3S. The summed E-state index contributed by atoms with van der Waals surface area (Å²) in [5, 5.41) is 7.56. The Labute approximate surface area is 115 Å². The van der Waals surface area contributed by atoms with Crippen LogP contribution in [0.4, 0.5) is 5.69 Å². The third kappa shape index (κ3) is 3.37. The monoisotopic (exact) mass is 292 g/mol. The van der Waals surface area contributed by atoms with E-state index in [-0.39, 0.29) is 10.6 Å². The minimum Gasteiger partial charge on any atom is -0.321 e. The Balaban J connectivity index is 2.14. The fourth-order valence-corrected chi connectivity index (χ4v) is 1.95. The number of primary sulfonamides is 1. The lowest BCUT2D eigenvalue weighted by molar-refractivity contribution is 0.102. The zero-order valence-electron chi connectivity index (χ0n) is 10.6. The maximum absolute atomic E-state index is 11.9. The summed E-state index contributed by atoms with van der Waals surface area (Å²) in [7, 11) is -3.74. The Bertz CT molecular complexity index is 724. The summed E-state index contributed by atoms with van der Waals surface area (Å²) in [5.74, 6) is -0.430. The predicted octanol–water partition coefficient (Wildman–Crippen LogP) is 0.685. The van der Waals surface area contributed by atoms with Crippen molar-refractivity contribution < 1.29 is 13.2 Å². The van der Waals surface area contributed by atoms with E-state index in [9.17, 15) is 13.2 Å². The van der Waals surface area contributed by atoms with Gasteiger partial charge >= 0.3 is 0 Å². The van der Waals surface area contributed by atoms with Gasteiger partial charge in [-0.1, -0.05) is 0 Å². The molecule has 0 unspecified atom stereocenters. The van der Waals surface area contributed by atoms with Gasteiger partial charge in [0, 0.05) is 11.9 Å². The van der Waals surface area contributed by atoms with Crippen LogP contribution in [-0.4, -0.2) is 24.3 Å².